The number of nitrogens with one attached hydrogen (secondary N) is 3. The van der Waals surface area contributed by atoms with Crippen molar-refractivity contribution < 1.29 is 25.1 Å². The van der Waals surface area contributed by atoms with Crippen molar-refractivity contribution in [2.45, 2.75) is 32.9 Å². The number of alkyl carbamates (subject to hydrolysis) is 1. The molecule has 1 amide bonds. The summed E-state index contributed by atoms with van der Waals surface area (Å²) in [5.74, 6) is -0.998. The lowest BCUT2D eigenvalue weighted by atomic mass is 10.0. The number of anilines is 2. The van der Waals surface area contributed by atoms with Crippen LogP contribution in [0.25, 0.3) is 22.5 Å². The van der Waals surface area contributed by atoms with Gasteiger partial charge < -0.3 is 15.4 Å². The molecule has 0 aliphatic heterocycles. The molecule has 194 valence electrons. The molecule has 3 N–H and O–H groups in total. The zero-order chi connectivity index (χ0) is 28.4. The molecule has 0 saturated carbocycles. The van der Waals surface area contributed by atoms with E-state index in [0.29, 0.717) is 5.56 Å². The Hall–Kier alpha value is -3.45. The molecule has 3 aromatic rings. The average Bonchev–Trinajstić information content (AvgIpc) is 3.25. The van der Waals surface area contributed by atoms with Gasteiger partial charge in [-0.2, -0.15) is 5.10 Å². The van der Waals surface area contributed by atoms with Gasteiger partial charge in [-0.1, -0.05) is 11.6 Å². The zero-order valence-corrected chi connectivity index (χ0v) is 21.7. The molecule has 3 rings (SSSR count). The standard InChI is InChI=1S/C22H27ClFN7O4S/c1-12(2)31-11-16(17-6-7-25-21(28-17)26-10-13(3)27-22(32)35-4)20(29-31)15-8-14(23)9-18(19(15)24)30-36(5,33)34/h6-9,11-13,30H,10H2,1-5H3,(H,27,32)(H,25,26,28)/t13-/m0/s1/i10D2. The maximum Gasteiger partial charge on any atom is 0.407 e. The number of benzene rings is 1. The van der Waals surface area contributed by atoms with Gasteiger partial charge in [0.1, 0.15) is 5.69 Å². The summed E-state index contributed by atoms with van der Waals surface area (Å²) in [4.78, 5) is 19.9. The fourth-order valence-electron chi connectivity index (χ4n) is 3.09. The largest absolute Gasteiger partial charge is 0.453 e. The quantitative estimate of drug-likeness (QED) is 0.370. The normalized spacial score (nSPS) is 13.6. The first kappa shape index (κ1) is 24.3. The SMILES string of the molecule is [2H]C([2H])(Nc1nccc(-c2cn(C(C)C)nc2-c2cc(Cl)cc(NS(C)(=O)=O)c2F)n1)[C@H](C)NC(=O)OC. The van der Waals surface area contributed by atoms with Crippen molar-refractivity contribution in [3.63, 3.8) is 0 Å². The first-order chi connectivity index (χ1) is 17.6. The molecule has 0 saturated heterocycles. The molecule has 1 aromatic carbocycles. The summed E-state index contributed by atoms with van der Waals surface area (Å²) < 4.78 is 63.7. The van der Waals surface area contributed by atoms with Gasteiger partial charge in [0, 0.05) is 47.1 Å². The van der Waals surface area contributed by atoms with Crippen LogP contribution in [0.4, 0.5) is 20.8 Å². The van der Waals surface area contributed by atoms with Crippen molar-refractivity contribution in [2.75, 3.05) is 29.9 Å². The Balaban J connectivity index is 2.09. The van der Waals surface area contributed by atoms with Crippen LogP contribution < -0.4 is 15.4 Å². The van der Waals surface area contributed by atoms with Crippen molar-refractivity contribution in [2.24, 2.45) is 0 Å². The summed E-state index contributed by atoms with van der Waals surface area (Å²) >= 11 is 6.19. The predicted octanol–water partition coefficient (Wildman–Crippen LogP) is 3.91. The van der Waals surface area contributed by atoms with E-state index in [0.717, 1.165) is 19.4 Å². The molecule has 0 radical (unpaired) electrons. The van der Waals surface area contributed by atoms with Crippen LogP contribution in [0.15, 0.2) is 30.6 Å². The number of halogens is 2. The smallest absolute Gasteiger partial charge is 0.407 e. The molecule has 0 aliphatic carbocycles. The highest BCUT2D eigenvalue weighted by Crippen LogP contribution is 2.37. The molecule has 14 heteroatoms. The number of rotatable bonds is 9. The number of sulfonamides is 1. The second-order valence-electron chi connectivity index (χ2n) is 8.05. The van der Waals surface area contributed by atoms with Gasteiger partial charge in [0.15, 0.2) is 5.82 Å². The number of carbonyl (C=O) groups excluding carboxylic acids is 1. The van der Waals surface area contributed by atoms with E-state index in [4.69, 9.17) is 14.3 Å². The van der Waals surface area contributed by atoms with Crippen LogP contribution in [-0.2, 0) is 14.8 Å². The summed E-state index contributed by atoms with van der Waals surface area (Å²) in [5.41, 5.74) is 0.342. The van der Waals surface area contributed by atoms with Crippen molar-refractivity contribution in [1.82, 2.24) is 25.1 Å². The van der Waals surface area contributed by atoms with Gasteiger partial charge >= 0.3 is 6.09 Å². The molecule has 0 unspecified atom stereocenters. The van der Waals surface area contributed by atoms with E-state index in [1.54, 1.807) is 10.9 Å². The molecule has 1 atom stereocenters. The number of aromatic nitrogens is 4. The highest BCUT2D eigenvalue weighted by atomic mass is 35.5. The monoisotopic (exact) mass is 541 g/mol. The molecule has 0 bridgehead atoms. The van der Waals surface area contributed by atoms with E-state index in [2.05, 4.69) is 35.2 Å². The maximum absolute atomic E-state index is 15.5. The molecule has 36 heavy (non-hydrogen) atoms. The van der Waals surface area contributed by atoms with E-state index < -0.39 is 34.5 Å². The average molecular weight is 542 g/mol. The first-order valence-electron chi connectivity index (χ1n) is 11.6. The van der Waals surface area contributed by atoms with Crippen molar-refractivity contribution in [1.29, 1.82) is 0 Å². The minimum Gasteiger partial charge on any atom is -0.453 e. The van der Waals surface area contributed by atoms with Crippen molar-refractivity contribution >= 4 is 39.4 Å². The molecular formula is C22H27ClFN7O4S. The summed E-state index contributed by atoms with van der Waals surface area (Å²) in [7, 11) is -2.64. The minimum absolute atomic E-state index is 0.0719. The predicted molar refractivity (Wildman–Crippen MR) is 136 cm³/mol. The molecule has 0 spiro atoms. The number of hydrogen-bond acceptors (Lipinski definition) is 8. The van der Waals surface area contributed by atoms with Crippen molar-refractivity contribution in [3.8, 4) is 22.5 Å². The Morgan fingerprint density at radius 1 is 1.31 bits per heavy atom. The molecule has 11 nitrogen and oxygen atoms in total. The summed E-state index contributed by atoms with van der Waals surface area (Å²) in [6, 6.07) is 2.85. The van der Waals surface area contributed by atoms with Gasteiger partial charge in [-0.05, 0) is 39.0 Å². The lowest BCUT2D eigenvalue weighted by molar-refractivity contribution is 0.168. The molecule has 2 aromatic heterocycles. The van der Waals surface area contributed by atoms with Crippen LogP contribution in [0.5, 0.6) is 0 Å². The Bertz CT molecular complexity index is 1450. The Morgan fingerprint density at radius 3 is 2.67 bits per heavy atom. The maximum atomic E-state index is 15.5. The second kappa shape index (κ2) is 11.1. The van der Waals surface area contributed by atoms with Crippen LogP contribution in [-0.4, -0.2) is 60.2 Å². The Morgan fingerprint density at radius 2 is 2.03 bits per heavy atom. The van der Waals surface area contributed by atoms with Crippen LogP contribution in [0.2, 0.25) is 5.02 Å². The topological polar surface area (TPSA) is 140 Å². The van der Waals surface area contributed by atoms with Gasteiger partial charge in [0.25, 0.3) is 0 Å². The Labute approximate surface area is 216 Å². The van der Waals surface area contributed by atoms with Gasteiger partial charge in [0.05, 0.1) is 27.5 Å². The van der Waals surface area contributed by atoms with E-state index in [1.807, 2.05) is 13.8 Å². The minimum atomic E-state index is -3.80. The number of ether oxygens (including phenoxy) is 1. The molecule has 0 fully saturated rings. The fourth-order valence-corrected chi connectivity index (χ4v) is 3.86. The summed E-state index contributed by atoms with van der Waals surface area (Å²) in [6.45, 7) is 2.98. The fraction of sp³-hybridized carbons (Fsp3) is 0.364. The number of nitrogens with zero attached hydrogens (tertiary/aromatic N) is 4. The van der Waals surface area contributed by atoms with Gasteiger partial charge in [-0.25, -0.2) is 27.6 Å². The van der Waals surface area contributed by atoms with Crippen LogP contribution >= 0.6 is 11.6 Å². The van der Waals surface area contributed by atoms with Gasteiger partial charge in [-0.3, -0.25) is 9.40 Å². The molecule has 0 aliphatic rings. The third-order valence-electron chi connectivity index (χ3n) is 4.70. The van der Waals surface area contributed by atoms with E-state index >= 15 is 4.39 Å². The third-order valence-corrected chi connectivity index (χ3v) is 5.51. The van der Waals surface area contributed by atoms with Crippen LogP contribution in [0.3, 0.4) is 0 Å². The number of hydrogen-bond donors (Lipinski definition) is 3. The third kappa shape index (κ3) is 6.82. The lowest BCUT2D eigenvalue weighted by Crippen LogP contribution is -2.37. The van der Waals surface area contributed by atoms with Gasteiger partial charge in [-0.15, -0.1) is 0 Å². The van der Waals surface area contributed by atoms with Crippen LogP contribution in [0.1, 0.15) is 29.6 Å². The number of carbonyl (C=O) groups is 1. The Kier molecular flexibility index (Phi) is 7.47. The second-order valence-corrected chi connectivity index (χ2v) is 10.2. The number of amides is 1. The zero-order valence-electron chi connectivity index (χ0n) is 22.1. The highest BCUT2D eigenvalue weighted by Gasteiger charge is 2.22. The molecular weight excluding hydrogens is 513 g/mol. The first-order valence-corrected chi connectivity index (χ1v) is 12.9. The molecule has 2 heterocycles. The summed E-state index contributed by atoms with van der Waals surface area (Å²) in [5, 5.41) is 9.46. The number of methoxy groups -OCH3 is 1. The van der Waals surface area contributed by atoms with Crippen molar-refractivity contribution in [3.05, 3.63) is 41.4 Å². The lowest BCUT2D eigenvalue weighted by Gasteiger charge is -2.14. The van der Waals surface area contributed by atoms with E-state index in [-0.39, 0.29) is 39.7 Å². The summed E-state index contributed by atoms with van der Waals surface area (Å²) in [6.07, 6.45) is 3.09. The highest BCUT2D eigenvalue weighted by molar-refractivity contribution is 7.92. The van der Waals surface area contributed by atoms with E-state index in [1.165, 1.54) is 25.3 Å². The van der Waals surface area contributed by atoms with Gasteiger partial charge in [0.2, 0.25) is 16.0 Å². The van der Waals surface area contributed by atoms with Crippen LogP contribution in [0, 0.1) is 5.82 Å². The van der Waals surface area contributed by atoms with E-state index in [9.17, 15) is 13.2 Å².